The average molecular weight is 313 g/mol. The van der Waals surface area contributed by atoms with E-state index in [9.17, 15) is 10.1 Å². The van der Waals surface area contributed by atoms with E-state index in [1.54, 1.807) is 0 Å². The smallest absolute Gasteiger partial charge is 0.270 e. The number of aryl methyl sites for hydroxylation is 1. The lowest BCUT2D eigenvalue weighted by Crippen LogP contribution is -2.14. The van der Waals surface area contributed by atoms with E-state index in [-0.39, 0.29) is 11.1 Å². The molecule has 0 radical (unpaired) electrons. The fourth-order valence-corrected chi connectivity index (χ4v) is 2.65. The summed E-state index contributed by atoms with van der Waals surface area (Å²) in [4.78, 5) is 18.9. The largest absolute Gasteiger partial charge is 0.300 e. The van der Waals surface area contributed by atoms with Crippen molar-refractivity contribution in [3.63, 3.8) is 0 Å². The van der Waals surface area contributed by atoms with Crippen molar-refractivity contribution in [3.8, 4) is 17.3 Å². The summed E-state index contributed by atoms with van der Waals surface area (Å²) in [5.74, 6) is 0. The van der Waals surface area contributed by atoms with Crippen molar-refractivity contribution in [1.29, 1.82) is 5.26 Å². The molecule has 0 aliphatic rings. The third-order valence-electron chi connectivity index (χ3n) is 3.50. The van der Waals surface area contributed by atoms with Crippen LogP contribution in [0.15, 0.2) is 34.2 Å². The fraction of sp³-hybridized carbons (Fsp3) is 0.353. The van der Waals surface area contributed by atoms with Crippen molar-refractivity contribution in [1.82, 2.24) is 9.97 Å². The zero-order valence-corrected chi connectivity index (χ0v) is 13.7. The lowest BCUT2D eigenvalue weighted by molar-refractivity contribution is 0.717. The fourth-order valence-electron chi connectivity index (χ4n) is 2.27. The Morgan fingerprint density at radius 3 is 2.59 bits per heavy atom. The summed E-state index contributed by atoms with van der Waals surface area (Å²) >= 11 is 1.35. The minimum Gasteiger partial charge on any atom is -0.300 e. The SMILES string of the molecule is CCCCCc1ccc(-c2nc(SC)[nH]c(=O)c2C#N)cc1. The molecule has 1 aromatic carbocycles. The van der Waals surface area contributed by atoms with Gasteiger partial charge in [-0.05, 0) is 24.7 Å². The Balaban J connectivity index is 2.34. The molecule has 0 spiro atoms. The van der Waals surface area contributed by atoms with E-state index in [4.69, 9.17) is 0 Å². The molecular formula is C17H19N3OS. The van der Waals surface area contributed by atoms with E-state index in [1.807, 2.05) is 36.6 Å². The average Bonchev–Trinajstić information content (AvgIpc) is 2.55. The van der Waals surface area contributed by atoms with Crippen LogP contribution < -0.4 is 5.56 Å². The number of hydrogen-bond acceptors (Lipinski definition) is 4. The van der Waals surface area contributed by atoms with E-state index < -0.39 is 0 Å². The van der Waals surface area contributed by atoms with Crippen LogP contribution in [0.3, 0.4) is 0 Å². The predicted molar refractivity (Wildman–Crippen MR) is 90.0 cm³/mol. The molecule has 2 aromatic rings. The van der Waals surface area contributed by atoms with Gasteiger partial charge in [-0.15, -0.1) is 0 Å². The Kier molecular flexibility index (Phi) is 5.79. The van der Waals surface area contributed by atoms with Crippen LogP contribution in [0.2, 0.25) is 0 Å². The van der Waals surface area contributed by atoms with Crippen molar-refractivity contribution in [2.24, 2.45) is 0 Å². The first-order valence-electron chi connectivity index (χ1n) is 7.37. The zero-order valence-electron chi connectivity index (χ0n) is 12.8. The third kappa shape index (κ3) is 3.77. The summed E-state index contributed by atoms with van der Waals surface area (Å²) in [7, 11) is 0. The summed E-state index contributed by atoms with van der Waals surface area (Å²) in [6, 6.07) is 9.93. The maximum Gasteiger partial charge on any atom is 0.270 e. The lowest BCUT2D eigenvalue weighted by Gasteiger charge is -2.06. The third-order valence-corrected chi connectivity index (χ3v) is 4.08. The predicted octanol–water partition coefficient (Wildman–Crippen LogP) is 3.76. The quantitative estimate of drug-likeness (QED) is 0.501. The van der Waals surface area contributed by atoms with Crippen LogP contribution >= 0.6 is 11.8 Å². The van der Waals surface area contributed by atoms with Gasteiger partial charge in [0, 0.05) is 5.56 Å². The summed E-state index contributed by atoms with van der Waals surface area (Å²) in [6.07, 6.45) is 6.51. The summed E-state index contributed by atoms with van der Waals surface area (Å²) < 4.78 is 0. The molecule has 0 bridgehead atoms. The second kappa shape index (κ2) is 7.81. The minimum atomic E-state index is -0.385. The van der Waals surface area contributed by atoms with Gasteiger partial charge in [-0.1, -0.05) is 55.8 Å². The van der Waals surface area contributed by atoms with E-state index in [0.717, 1.165) is 12.0 Å². The van der Waals surface area contributed by atoms with Gasteiger partial charge in [0.25, 0.3) is 5.56 Å². The molecule has 0 fully saturated rings. The molecule has 1 aromatic heterocycles. The minimum absolute atomic E-state index is 0.0662. The van der Waals surface area contributed by atoms with Gasteiger partial charge < -0.3 is 4.98 Å². The molecule has 22 heavy (non-hydrogen) atoms. The van der Waals surface area contributed by atoms with Crippen molar-refractivity contribution in [2.75, 3.05) is 6.26 Å². The molecule has 0 amide bonds. The number of H-pyrrole nitrogens is 1. The van der Waals surface area contributed by atoms with Crippen LogP contribution in [0.5, 0.6) is 0 Å². The number of aromatic amines is 1. The van der Waals surface area contributed by atoms with Crippen molar-refractivity contribution in [2.45, 2.75) is 37.8 Å². The summed E-state index contributed by atoms with van der Waals surface area (Å²) in [6.45, 7) is 2.19. The molecule has 4 nitrogen and oxygen atoms in total. The zero-order chi connectivity index (χ0) is 15.9. The second-order valence-corrected chi connectivity index (χ2v) is 5.86. The van der Waals surface area contributed by atoms with Gasteiger partial charge in [0.2, 0.25) is 0 Å². The molecule has 2 rings (SSSR count). The first kappa shape index (κ1) is 16.3. The van der Waals surface area contributed by atoms with Gasteiger partial charge in [0.15, 0.2) is 5.16 Å². The molecule has 5 heteroatoms. The van der Waals surface area contributed by atoms with E-state index in [1.165, 1.54) is 36.6 Å². The Hall–Kier alpha value is -2.06. The number of nitrogens with one attached hydrogen (secondary N) is 1. The lowest BCUT2D eigenvalue weighted by atomic mass is 10.0. The number of unbranched alkanes of at least 4 members (excludes halogenated alkanes) is 2. The second-order valence-electron chi connectivity index (χ2n) is 5.06. The number of rotatable bonds is 6. The highest BCUT2D eigenvalue weighted by Gasteiger charge is 2.12. The maximum atomic E-state index is 11.9. The van der Waals surface area contributed by atoms with E-state index in [0.29, 0.717) is 10.9 Å². The van der Waals surface area contributed by atoms with Crippen LogP contribution in [-0.4, -0.2) is 16.2 Å². The Morgan fingerprint density at radius 1 is 1.27 bits per heavy atom. The molecule has 0 saturated carbocycles. The highest BCUT2D eigenvalue weighted by Crippen LogP contribution is 2.22. The number of nitriles is 1. The molecule has 0 aliphatic heterocycles. The normalized spacial score (nSPS) is 10.4. The van der Waals surface area contributed by atoms with Gasteiger partial charge in [-0.25, -0.2) is 4.98 Å². The molecule has 1 N–H and O–H groups in total. The van der Waals surface area contributed by atoms with Gasteiger partial charge in [0.1, 0.15) is 11.6 Å². The van der Waals surface area contributed by atoms with Crippen LogP contribution in [0.25, 0.3) is 11.3 Å². The highest BCUT2D eigenvalue weighted by atomic mass is 32.2. The van der Waals surface area contributed by atoms with Crippen LogP contribution in [0.4, 0.5) is 0 Å². The molecule has 114 valence electrons. The number of hydrogen-bond donors (Lipinski definition) is 1. The number of aromatic nitrogens is 2. The molecule has 0 aliphatic carbocycles. The van der Waals surface area contributed by atoms with Crippen molar-refractivity contribution in [3.05, 3.63) is 45.7 Å². The molecule has 1 heterocycles. The molecular weight excluding hydrogens is 294 g/mol. The Bertz CT molecular complexity index is 729. The number of nitrogens with zero attached hydrogens (tertiary/aromatic N) is 2. The Morgan fingerprint density at radius 2 is 2.00 bits per heavy atom. The Labute approximate surface area is 134 Å². The molecule has 0 atom stereocenters. The summed E-state index contributed by atoms with van der Waals surface area (Å²) in [5.41, 5.74) is 2.21. The van der Waals surface area contributed by atoms with Crippen molar-refractivity contribution >= 4 is 11.8 Å². The number of thioether (sulfide) groups is 1. The van der Waals surface area contributed by atoms with Crippen LogP contribution in [0.1, 0.15) is 37.3 Å². The first-order valence-corrected chi connectivity index (χ1v) is 8.59. The standard InChI is InChI=1S/C17H19N3OS/c1-3-4-5-6-12-7-9-13(10-8-12)15-14(11-18)16(21)20-17(19-15)22-2/h7-10H,3-6H2,1-2H3,(H,19,20,21). The molecule has 0 saturated heterocycles. The van der Waals surface area contributed by atoms with Crippen molar-refractivity contribution < 1.29 is 0 Å². The van der Waals surface area contributed by atoms with E-state index >= 15 is 0 Å². The van der Waals surface area contributed by atoms with Gasteiger partial charge in [-0.2, -0.15) is 5.26 Å². The van der Waals surface area contributed by atoms with Crippen LogP contribution in [0, 0.1) is 11.3 Å². The first-order chi connectivity index (χ1) is 10.7. The maximum absolute atomic E-state index is 11.9. The molecule has 0 unspecified atom stereocenters. The van der Waals surface area contributed by atoms with Crippen LogP contribution in [-0.2, 0) is 6.42 Å². The highest BCUT2D eigenvalue weighted by molar-refractivity contribution is 7.98. The van der Waals surface area contributed by atoms with Gasteiger partial charge in [0.05, 0.1) is 5.69 Å². The summed E-state index contributed by atoms with van der Waals surface area (Å²) in [5, 5.41) is 9.72. The van der Waals surface area contributed by atoms with Gasteiger partial charge >= 0.3 is 0 Å². The van der Waals surface area contributed by atoms with Gasteiger partial charge in [-0.3, -0.25) is 4.79 Å². The van der Waals surface area contributed by atoms with E-state index in [2.05, 4.69) is 16.9 Å². The monoisotopic (exact) mass is 313 g/mol. The topological polar surface area (TPSA) is 69.5 Å². The number of benzene rings is 1.